The number of hydrogen-bond donors (Lipinski definition) is 2. The molecule has 104 valence electrons. The van der Waals surface area contributed by atoms with Gasteiger partial charge in [0.1, 0.15) is 5.56 Å². The predicted octanol–water partition coefficient (Wildman–Crippen LogP) is 1.32. The van der Waals surface area contributed by atoms with Crippen LogP contribution in [0.2, 0.25) is 0 Å². The SMILES string of the molecule is CC(CNc1nnccc1C(=O)O)CN1CCCC1. The van der Waals surface area contributed by atoms with Crippen LogP contribution >= 0.6 is 0 Å². The van der Waals surface area contributed by atoms with E-state index in [1.165, 1.54) is 38.2 Å². The van der Waals surface area contributed by atoms with Crippen LogP contribution in [0.1, 0.15) is 30.1 Å². The van der Waals surface area contributed by atoms with Crippen LogP contribution in [-0.2, 0) is 0 Å². The Labute approximate surface area is 112 Å². The van der Waals surface area contributed by atoms with E-state index in [4.69, 9.17) is 5.11 Å². The third kappa shape index (κ3) is 3.89. The van der Waals surface area contributed by atoms with Crippen molar-refractivity contribution in [3.05, 3.63) is 17.8 Å². The summed E-state index contributed by atoms with van der Waals surface area (Å²) in [6.45, 7) is 6.25. The summed E-state index contributed by atoms with van der Waals surface area (Å²) in [5.74, 6) is -0.186. The maximum atomic E-state index is 11.0. The minimum absolute atomic E-state index is 0.170. The smallest absolute Gasteiger partial charge is 0.339 e. The number of carboxylic acids is 1. The highest BCUT2D eigenvalue weighted by Crippen LogP contribution is 2.13. The molecule has 0 spiro atoms. The largest absolute Gasteiger partial charge is 0.478 e. The molecule has 1 aliphatic rings. The number of nitrogens with zero attached hydrogens (tertiary/aromatic N) is 3. The Morgan fingerprint density at radius 1 is 1.53 bits per heavy atom. The normalized spacial score (nSPS) is 17.3. The molecule has 1 unspecified atom stereocenters. The fourth-order valence-electron chi connectivity index (χ4n) is 2.38. The number of carboxylic acid groups (broad SMARTS) is 1. The molecule has 1 aromatic rings. The maximum Gasteiger partial charge on any atom is 0.339 e. The average molecular weight is 264 g/mol. The molecule has 1 aliphatic heterocycles. The van der Waals surface area contributed by atoms with Crippen LogP contribution in [0.15, 0.2) is 12.3 Å². The van der Waals surface area contributed by atoms with Gasteiger partial charge in [0.05, 0.1) is 6.20 Å². The summed E-state index contributed by atoms with van der Waals surface area (Å²) in [5.41, 5.74) is 0.170. The Balaban J connectivity index is 1.85. The van der Waals surface area contributed by atoms with E-state index in [0.29, 0.717) is 18.3 Å². The second kappa shape index (κ2) is 6.47. The van der Waals surface area contributed by atoms with E-state index in [2.05, 4.69) is 27.3 Å². The first-order valence-electron chi connectivity index (χ1n) is 6.68. The van der Waals surface area contributed by atoms with E-state index in [9.17, 15) is 4.79 Å². The van der Waals surface area contributed by atoms with Gasteiger partial charge in [0.15, 0.2) is 5.82 Å². The Kier molecular flexibility index (Phi) is 4.68. The molecule has 0 amide bonds. The molecule has 6 nitrogen and oxygen atoms in total. The number of aromatic nitrogens is 2. The summed E-state index contributed by atoms with van der Waals surface area (Å²) >= 11 is 0. The van der Waals surface area contributed by atoms with Crippen LogP contribution in [0, 0.1) is 5.92 Å². The number of nitrogens with one attached hydrogen (secondary N) is 1. The minimum Gasteiger partial charge on any atom is -0.478 e. The molecule has 0 radical (unpaired) electrons. The fraction of sp³-hybridized carbons (Fsp3) is 0.615. The summed E-state index contributed by atoms with van der Waals surface area (Å²) in [6, 6.07) is 1.46. The standard InChI is InChI=1S/C13H20N4O2/c1-10(9-17-6-2-3-7-17)8-14-12-11(13(18)19)4-5-15-16-12/h4-5,10H,2-3,6-9H2,1H3,(H,14,16)(H,18,19). The number of rotatable bonds is 6. The number of likely N-dealkylation sites (tertiary alicyclic amines) is 1. The van der Waals surface area contributed by atoms with Crippen molar-refractivity contribution < 1.29 is 9.90 Å². The van der Waals surface area contributed by atoms with Gasteiger partial charge in [-0.25, -0.2) is 4.79 Å². The lowest BCUT2D eigenvalue weighted by Gasteiger charge is -2.20. The number of carbonyl (C=O) groups is 1. The number of aromatic carboxylic acids is 1. The molecule has 0 bridgehead atoms. The average Bonchev–Trinajstić information content (AvgIpc) is 2.89. The number of hydrogen-bond acceptors (Lipinski definition) is 5. The molecule has 1 fully saturated rings. The van der Waals surface area contributed by atoms with E-state index in [-0.39, 0.29) is 5.56 Å². The van der Waals surface area contributed by atoms with Crippen LogP contribution in [0.3, 0.4) is 0 Å². The summed E-state index contributed by atoms with van der Waals surface area (Å²) in [7, 11) is 0. The van der Waals surface area contributed by atoms with Gasteiger partial charge in [-0.3, -0.25) is 0 Å². The van der Waals surface area contributed by atoms with E-state index in [1.54, 1.807) is 0 Å². The second-order valence-corrected chi connectivity index (χ2v) is 5.09. The summed E-state index contributed by atoms with van der Waals surface area (Å²) in [6.07, 6.45) is 3.96. The fourth-order valence-corrected chi connectivity index (χ4v) is 2.38. The van der Waals surface area contributed by atoms with E-state index < -0.39 is 5.97 Å². The molecule has 1 saturated heterocycles. The molecule has 0 aliphatic carbocycles. The monoisotopic (exact) mass is 264 g/mol. The van der Waals surface area contributed by atoms with Crippen LogP contribution in [0.5, 0.6) is 0 Å². The quantitative estimate of drug-likeness (QED) is 0.806. The molecule has 1 atom stereocenters. The van der Waals surface area contributed by atoms with Gasteiger partial charge < -0.3 is 15.3 Å². The van der Waals surface area contributed by atoms with Gasteiger partial charge in [0.25, 0.3) is 0 Å². The van der Waals surface area contributed by atoms with Gasteiger partial charge in [-0.2, -0.15) is 5.10 Å². The van der Waals surface area contributed by atoms with Crippen LogP contribution in [-0.4, -0.2) is 52.4 Å². The first-order valence-corrected chi connectivity index (χ1v) is 6.68. The lowest BCUT2D eigenvalue weighted by Crippen LogP contribution is -2.29. The van der Waals surface area contributed by atoms with Crippen molar-refractivity contribution in [2.75, 3.05) is 31.5 Å². The van der Waals surface area contributed by atoms with Crippen molar-refractivity contribution in [3.8, 4) is 0 Å². The Bertz CT molecular complexity index is 432. The molecule has 2 N–H and O–H groups in total. The zero-order valence-corrected chi connectivity index (χ0v) is 11.2. The van der Waals surface area contributed by atoms with Crippen molar-refractivity contribution in [1.82, 2.24) is 15.1 Å². The van der Waals surface area contributed by atoms with Crippen molar-refractivity contribution in [2.45, 2.75) is 19.8 Å². The molecule has 6 heteroatoms. The topological polar surface area (TPSA) is 78.3 Å². The van der Waals surface area contributed by atoms with Gasteiger partial charge >= 0.3 is 5.97 Å². The molecule has 1 aromatic heterocycles. The molecular weight excluding hydrogens is 244 g/mol. The van der Waals surface area contributed by atoms with Crippen molar-refractivity contribution in [3.63, 3.8) is 0 Å². The Morgan fingerprint density at radius 3 is 2.95 bits per heavy atom. The highest BCUT2D eigenvalue weighted by Gasteiger charge is 2.16. The van der Waals surface area contributed by atoms with Crippen molar-refractivity contribution in [2.24, 2.45) is 5.92 Å². The van der Waals surface area contributed by atoms with Crippen molar-refractivity contribution >= 4 is 11.8 Å². The molecular formula is C13H20N4O2. The summed E-state index contributed by atoms with van der Waals surface area (Å²) in [4.78, 5) is 13.5. The molecule has 2 rings (SSSR count). The minimum atomic E-state index is -0.982. The zero-order chi connectivity index (χ0) is 13.7. The van der Waals surface area contributed by atoms with Gasteiger partial charge in [0, 0.05) is 13.1 Å². The molecule has 0 aromatic carbocycles. The summed E-state index contributed by atoms with van der Waals surface area (Å²) < 4.78 is 0. The van der Waals surface area contributed by atoms with Crippen molar-refractivity contribution in [1.29, 1.82) is 0 Å². The Hall–Kier alpha value is -1.69. The lowest BCUT2D eigenvalue weighted by atomic mass is 10.1. The van der Waals surface area contributed by atoms with E-state index in [0.717, 1.165) is 6.54 Å². The van der Waals surface area contributed by atoms with Gasteiger partial charge in [-0.05, 0) is 37.9 Å². The third-order valence-corrected chi connectivity index (χ3v) is 3.34. The van der Waals surface area contributed by atoms with Gasteiger partial charge in [-0.15, -0.1) is 5.10 Å². The van der Waals surface area contributed by atoms with Gasteiger partial charge in [-0.1, -0.05) is 6.92 Å². The molecule has 0 saturated carbocycles. The highest BCUT2D eigenvalue weighted by atomic mass is 16.4. The first-order chi connectivity index (χ1) is 9.16. The van der Waals surface area contributed by atoms with Crippen LogP contribution in [0.25, 0.3) is 0 Å². The molecule has 2 heterocycles. The van der Waals surface area contributed by atoms with Crippen LogP contribution < -0.4 is 5.32 Å². The highest BCUT2D eigenvalue weighted by molar-refractivity contribution is 5.92. The second-order valence-electron chi connectivity index (χ2n) is 5.09. The zero-order valence-electron chi connectivity index (χ0n) is 11.2. The lowest BCUT2D eigenvalue weighted by molar-refractivity contribution is 0.0697. The first kappa shape index (κ1) is 13.7. The van der Waals surface area contributed by atoms with Crippen LogP contribution in [0.4, 0.5) is 5.82 Å². The molecule has 19 heavy (non-hydrogen) atoms. The van der Waals surface area contributed by atoms with Gasteiger partial charge in [0.2, 0.25) is 0 Å². The Morgan fingerprint density at radius 2 is 2.26 bits per heavy atom. The number of anilines is 1. The van der Waals surface area contributed by atoms with E-state index in [1.807, 2.05) is 0 Å². The predicted molar refractivity (Wildman–Crippen MR) is 72.3 cm³/mol. The van der Waals surface area contributed by atoms with E-state index >= 15 is 0 Å². The maximum absolute atomic E-state index is 11.0. The summed E-state index contributed by atoms with van der Waals surface area (Å²) in [5, 5.41) is 19.7. The third-order valence-electron chi connectivity index (χ3n) is 3.34.